The molecule has 20 heavy (non-hydrogen) atoms. The first-order valence-electron chi connectivity index (χ1n) is 8.09. The van der Waals surface area contributed by atoms with Gasteiger partial charge in [-0.15, -0.1) is 0 Å². The van der Waals surface area contributed by atoms with Gasteiger partial charge in [0.05, 0.1) is 0 Å². The van der Waals surface area contributed by atoms with Gasteiger partial charge in [0, 0.05) is 23.1 Å². The largest absolute Gasteiger partial charge is 0.361 e. The fourth-order valence-electron chi connectivity index (χ4n) is 3.90. The van der Waals surface area contributed by atoms with Crippen LogP contribution in [0.2, 0.25) is 0 Å². The lowest BCUT2D eigenvalue weighted by Gasteiger charge is -2.38. The first-order valence-corrected chi connectivity index (χ1v) is 8.09. The average Bonchev–Trinajstić information content (AvgIpc) is 2.87. The third-order valence-electron chi connectivity index (χ3n) is 4.81. The van der Waals surface area contributed by atoms with Crippen LogP contribution in [0.15, 0.2) is 24.4 Å². The molecule has 1 aromatic carbocycles. The molecular formula is C18H26N2. The number of hydrogen-bond donors (Lipinski definition) is 1. The van der Waals surface area contributed by atoms with Crippen LogP contribution in [0.4, 0.5) is 0 Å². The quantitative estimate of drug-likeness (QED) is 0.857. The van der Waals surface area contributed by atoms with Gasteiger partial charge in [0.15, 0.2) is 0 Å². The van der Waals surface area contributed by atoms with Crippen LogP contribution < -0.4 is 0 Å². The third kappa shape index (κ3) is 2.16. The fourth-order valence-corrected chi connectivity index (χ4v) is 3.90. The van der Waals surface area contributed by atoms with Crippen molar-refractivity contribution in [3.63, 3.8) is 0 Å². The highest BCUT2D eigenvalue weighted by Gasteiger charge is 2.31. The maximum absolute atomic E-state index is 3.45. The van der Waals surface area contributed by atoms with Crippen LogP contribution in [-0.2, 0) is 6.42 Å². The van der Waals surface area contributed by atoms with Gasteiger partial charge in [-0.1, -0.05) is 32.9 Å². The van der Waals surface area contributed by atoms with Crippen LogP contribution in [0.25, 0.3) is 10.9 Å². The number of benzene rings is 1. The van der Waals surface area contributed by atoms with E-state index in [4.69, 9.17) is 0 Å². The molecule has 0 bridgehead atoms. The second-order valence-electron chi connectivity index (χ2n) is 6.18. The summed E-state index contributed by atoms with van der Waals surface area (Å²) in [4.78, 5) is 6.15. The molecule has 108 valence electrons. The second-order valence-corrected chi connectivity index (χ2v) is 6.18. The Morgan fingerprint density at radius 3 is 2.65 bits per heavy atom. The number of H-pyrrole nitrogens is 1. The molecule has 0 spiro atoms. The maximum atomic E-state index is 3.45. The molecule has 0 saturated heterocycles. The Balaban J connectivity index is 1.97. The smallest absolute Gasteiger partial charge is 0.0459 e. The summed E-state index contributed by atoms with van der Waals surface area (Å²) in [5.41, 5.74) is 4.35. The first kappa shape index (κ1) is 13.7. The number of nitrogens with zero attached hydrogens (tertiary/aromatic N) is 1. The van der Waals surface area contributed by atoms with Gasteiger partial charge >= 0.3 is 0 Å². The zero-order valence-electron chi connectivity index (χ0n) is 12.9. The predicted molar refractivity (Wildman–Crippen MR) is 86.4 cm³/mol. The van der Waals surface area contributed by atoms with Gasteiger partial charge in [-0.25, -0.2) is 0 Å². The summed E-state index contributed by atoms with van der Waals surface area (Å²) in [6, 6.07) is 7.38. The monoisotopic (exact) mass is 270 g/mol. The Kier molecular flexibility index (Phi) is 3.84. The molecule has 0 radical (unpaired) electrons. The molecule has 1 heterocycles. The second kappa shape index (κ2) is 5.61. The van der Waals surface area contributed by atoms with Gasteiger partial charge in [0.2, 0.25) is 0 Å². The van der Waals surface area contributed by atoms with Crippen molar-refractivity contribution in [1.82, 2.24) is 9.88 Å². The lowest BCUT2D eigenvalue weighted by Crippen LogP contribution is -2.42. The van der Waals surface area contributed by atoms with E-state index in [2.05, 4.69) is 55.1 Å². The van der Waals surface area contributed by atoms with E-state index >= 15 is 0 Å². The van der Waals surface area contributed by atoms with E-state index in [1.165, 1.54) is 54.4 Å². The van der Waals surface area contributed by atoms with Gasteiger partial charge in [-0.3, -0.25) is 4.90 Å². The van der Waals surface area contributed by atoms with Crippen LogP contribution in [0.1, 0.15) is 50.7 Å². The summed E-state index contributed by atoms with van der Waals surface area (Å²) in [7, 11) is 0. The summed E-state index contributed by atoms with van der Waals surface area (Å²) >= 11 is 0. The van der Waals surface area contributed by atoms with E-state index in [-0.39, 0.29) is 0 Å². The van der Waals surface area contributed by atoms with E-state index < -0.39 is 0 Å². The summed E-state index contributed by atoms with van der Waals surface area (Å²) in [5, 5.41) is 1.49. The molecule has 2 heteroatoms. The van der Waals surface area contributed by atoms with Crippen molar-refractivity contribution in [1.29, 1.82) is 0 Å². The summed E-state index contributed by atoms with van der Waals surface area (Å²) in [5.74, 6) is 0.625. The standard InChI is InChI=1S/C18H26N2/c1-4-9-20(10-5-2)17-11-14-12-19-16-8-6-7-15(13(17)3)18(14)16/h6-8,12-13,17,19H,4-5,9-11H2,1-3H3/t13?,17-/m1/s1. The van der Waals surface area contributed by atoms with E-state index in [0.29, 0.717) is 12.0 Å². The minimum absolute atomic E-state index is 0.625. The van der Waals surface area contributed by atoms with E-state index in [1.807, 2.05) is 0 Å². The molecule has 1 unspecified atom stereocenters. The van der Waals surface area contributed by atoms with Crippen LogP contribution in [-0.4, -0.2) is 29.0 Å². The van der Waals surface area contributed by atoms with Crippen molar-refractivity contribution < 1.29 is 0 Å². The lowest BCUT2D eigenvalue weighted by atomic mass is 9.80. The third-order valence-corrected chi connectivity index (χ3v) is 4.81. The Hall–Kier alpha value is -1.28. The normalized spacial score (nSPS) is 21.8. The molecule has 1 aliphatic rings. The molecular weight excluding hydrogens is 244 g/mol. The predicted octanol–water partition coefficient (Wildman–Crippen LogP) is 4.32. The molecule has 0 aliphatic heterocycles. The highest BCUT2D eigenvalue weighted by Crippen LogP contribution is 2.38. The number of aromatic nitrogens is 1. The van der Waals surface area contributed by atoms with Crippen LogP contribution >= 0.6 is 0 Å². The van der Waals surface area contributed by atoms with Crippen molar-refractivity contribution in [3.8, 4) is 0 Å². The maximum Gasteiger partial charge on any atom is 0.0459 e. The summed E-state index contributed by atoms with van der Waals surface area (Å²) in [6.07, 6.45) is 5.90. The number of nitrogens with one attached hydrogen (secondary N) is 1. The van der Waals surface area contributed by atoms with Gasteiger partial charge in [-0.2, -0.15) is 0 Å². The molecule has 1 aliphatic carbocycles. The van der Waals surface area contributed by atoms with Gasteiger partial charge in [0.25, 0.3) is 0 Å². The topological polar surface area (TPSA) is 19.0 Å². The summed E-state index contributed by atoms with van der Waals surface area (Å²) < 4.78 is 0. The molecule has 3 rings (SSSR count). The Bertz CT molecular complexity index is 578. The van der Waals surface area contributed by atoms with Gasteiger partial charge in [0.1, 0.15) is 0 Å². The van der Waals surface area contributed by atoms with Crippen LogP contribution in [0, 0.1) is 0 Å². The molecule has 1 aromatic heterocycles. The lowest BCUT2D eigenvalue weighted by molar-refractivity contribution is 0.171. The number of rotatable bonds is 5. The highest BCUT2D eigenvalue weighted by atomic mass is 15.2. The molecule has 2 aromatic rings. The number of hydrogen-bond acceptors (Lipinski definition) is 1. The molecule has 0 saturated carbocycles. The molecule has 0 amide bonds. The Morgan fingerprint density at radius 2 is 1.95 bits per heavy atom. The van der Waals surface area contributed by atoms with Crippen molar-refractivity contribution >= 4 is 10.9 Å². The van der Waals surface area contributed by atoms with Crippen LogP contribution in [0.5, 0.6) is 0 Å². The number of aromatic amines is 1. The van der Waals surface area contributed by atoms with E-state index in [0.717, 1.165) is 0 Å². The van der Waals surface area contributed by atoms with Crippen LogP contribution in [0.3, 0.4) is 0 Å². The molecule has 0 fully saturated rings. The average molecular weight is 270 g/mol. The minimum atomic E-state index is 0.625. The van der Waals surface area contributed by atoms with Crippen molar-refractivity contribution in [3.05, 3.63) is 35.5 Å². The Morgan fingerprint density at radius 1 is 1.20 bits per heavy atom. The highest BCUT2D eigenvalue weighted by molar-refractivity contribution is 5.88. The minimum Gasteiger partial charge on any atom is -0.361 e. The van der Waals surface area contributed by atoms with Gasteiger partial charge < -0.3 is 4.98 Å². The molecule has 2 nitrogen and oxygen atoms in total. The summed E-state index contributed by atoms with van der Waals surface area (Å²) in [6.45, 7) is 9.43. The molecule has 2 atom stereocenters. The van der Waals surface area contributed by atoms with E-state index in [1.54, 1.807) is 0 Å². The van der Waals surface area contributed by atoms with Gasteiger partial charge in [-0.05, 0) is 55.5 Å². The first-order chi connectivity index (χ1) is 9.76. The van der Waals surface area contributed by atoms with Crippen molar-refractivity contribution in [2.75, 3.05) is 13.1 Å². The van der Waals surface area contributed by atoms with Crippen molar-refractivity contribution in [2.45, 2.75) is 52.0 Å². The SMILES string of the molecule is CCCN(CCC)[C@@H]1Cc2c[nH]c3cccc(c23)C1C. The zero-order chi connectivity index (χ0) is 14.1. The molecule has 1 N–H and O–H groups in total. The van der Waals surface area contributed by atoms with E-state index in [9.17, 15) is 0 Å². The zero-order valence-corrected chi connectivity index (χ0v) is 12.9. The van der Waals surface area contributed by atoms with Crippen molar-refractivity contribution in [2.24, 2.45) is 0 Å². The fraction of sp³-hybridized carbons (Fsp3) is 0.556. The Labute approximate surface area is 122 Å².